The molecule has 0 saturated heterocycles. The summed E-state index contributed by atoms with van der Waals surface area (Å²) in [4.78, 5) is 30.9. The van der Waals surface area contributed by atoms with Crippen LogP contribution < -0.4 is 10.1 Å². The highest BCUT2D eigenvalue weighted by Crippen LogP contribution is 2.31. The lowest BCUT2D eigenvalue weighted by atomic mass is 10.1. The number of rotatable bonds is 6. The minimum Gasteiger partial charge on any atom is -0.497 e. The lowest BCUT2D eigenvalue weighted by Gasteiger charge is -2.16. The van der Waals surface area contributed by atoms with Crippen molar-refractivity contribution in [3.05, 3.63) is 71.6 Å². The predicted molar refractivity (Wildman–Crippen MR) is 114 cm³/mol. The first-order chi connectivity index (χ1) is 14.1. The molecule has 0 unspecified atom stereocenters. The van der Waals surface area contributed by atoms with E-state index in [-0.39, 0.29) is 24.8 Å². The van der Waals surface area contributed by atoms with Crippen LogP contribution in [0.4, 0.5) is 5.13 Å². The monoisotopic (exact) mass is 405 g/mol. The summed E-state index contributed by atoms with van der Waals surface area (Å²) >= 11 is 1.36. The molecule has 1 aliphatic rings. The fraction of sp³-hybridized carbons (Fsp3) is 0.136. The van der Waals surface area contributed by atoms with Gasteiger partial charge < -0.3 is 15.0 Å². The Kier molecular flexibility index (Phi) is 5.14. The van der Waals surface area contributed by atoms with Crippen molar-refractivity contribution in [3.8, 4) is 17.0 Å². The first kappa shape index (κ1) is 18.9. The normalized spacial score (nSPS) is 12.8. The van der Waals surface area contributed by atoms with Crippen LogP contribution in [0.15, 0.2) is 60.5 Å². The molecule has 6 nitrogen and oxygen atoms in total. The Bertz CT molecular complexity index is 1050. The highest BCUT2D eigenvalue weighted by molar-refractivity contribution is 7.14. The van der Waals surface area contributed by atoms with E-state index in [0.29, 0.717) is 16.4 Å². The van der Waals surface area contributed by atoms with Crippen molar-refractivity contribution in [3.63, 3.8) is 0 Å². The summed E-state index contributed by atoms with van der Waals surface area (Å²) in [7, 11) is 1.62. The minimum atomic E-state index is -0.197. The smallest absolute Gasteiger partial charge is 0.258 e. The minimum absolute atomic E-state index is 0.116. The topological polar surface area (TPSA) is 71.5 Å². The molecule has 2 aromatic carbocycles. The summed E-state index contributed by atoms with van der Waals surface area (Å²) in [6, 6.07) is 14.9. The quantitative estimate of drug-likeness (QED) is 0.665. The van der Waals surface area contributed by atoms with Crippen LogP contribution in [-0.4, -0.2) is 35.4 Å². The second-order valence-electron chi connectivity index (χ2n) is 6.51. The highest BCUT2D eigenvalue weighted by Gasteiger charge is 2.30. The molecule has 0 bridgehead atoms. The molecule has 1 N–H and O–H groups in total. The molecule has 2 amide bonds. The third kappa shape index (κ3) is 3.77. The predicted octanol–water partition coefficient (Wildman–Crippen LogP) is 4.27. The summed E-state index contributed by atoms with van der Waals surface area (Å²) < 4.78 is 5.16. The number of thiazole rings is 1. The van der Waals surface area contributed by atoms with Crippen LogP contribution in [0.2, 0.25) is 0 Å². The Hall–Kier alpha value is -3.45. The van der Waals surface area contributed by atoms with E-state index in [1.54, 1.807) is 18.1 Å². The maximum Gasteiger partial charge on any atom is 0.258 e. The summed E-state index contributed by atoms with van der Waals surface area (Å²) in [5.74, 6) is 0.462. The number of amides is 2. The fourth-order valence-electron chi connectivity index (χ4n) is 3.19. The van der Waals surface area contributed by atoms with Crippen LogP contribution >= 0.6 is 11.3 Å². The van der Waals surface area contributed by atoms with Gasteiger partial charge in [0.15, 0.2) is 5.13 Å². The second-order valence-corrected chi connectivity index (χ2v) is 7.37. The molecular formula is C22H19N3O3S. The zero-order chi connectivity index (χ0) is 20.4. The maximum absolute atomic E-state index is 12.5. The third-order valence-corrected chi connectivity index (χ3v) is 5.50. The van der Waals surface area contributed by atoms with Crippen molar-refractivity contribution < 1.29 is 14.3 Å². The number of anilines is 1. The summed E-state index contributed by atoms with van der Waals surface area (Å²) in [6.07, 6.45) is 0.163. The van der Waals surface area contributed by atoms with Gasteiger partial charge in [-0.25, -0.2) is 4.98 Å². The molecule has 4 rings (SSSR count). The van der Waals surface area contributed by atoms with Crippen LogP contribution in [-0.2, 0) is 4.79 Å². The number of nitrogens with one attached hydrogen (secondary N) is 1. The molecule has 2 heterocycles. The fourth-order valence-corrected chi connectivity index (χ4v) is 3.93. The number of ether oxygens (including phenoxy) is 1. The van der Waals surface area contributed by atoms with Crippen molar-refractivity contribution >= 4 is 34.0 Å². The Labute approximate surface area is 172 Å². The van der Waals surface area contributed by atoms with E-state index in [1.807, 2.05) is 47.8 Å². The van der Waals surface area contributed by atoms with Crippen LogP contribution in [0, 0.1) is 0 Å². The van der Waals surface area contributed by atoms with E-state index in [2.05, 4.69) is 16.9 Å². The first-order valence-electron chi connectivity index (χ1n) is 9.07. The molecular weight excluding hydrogens is 386 g/mol. The van der Waals surface area contributed by atoms with Gasteiger partial charge in [0.05, 0.1) is 12.8 Å². The molecule has 0 radical (unpaired) electrons. The second kappa shape index (κ2) is 7.89. The van der Waals surface area contributed by atoms with Crippen molar-refractivity contribution in [2.75, 3.05) is 19.0 Å². The Morgan fingerprint density at radius 2 is 1.90 bits per heavy atom. The standard InChI is InChI=1S/C22H19N3O3S/c1-14-17-5-3-4-6-18(17)21(27)25(14)12-11-20(26)24-22-23-19(13-29-22)15-7-9-16(28-2)10-8-15/h3-10,13H,1,11-12H2,2H3,(H,23,24,26). The largest absolute Gasteiger partial charge is 0.497 e. The van der Waals surface area contributed by atoms with E-state index in [9.17, 15) is 9.59 Å². The van der Waals surface area contributed by atoms with Gasteiger partial charge in [-0.3, -0.25) is 9.59 Å². The highest BCUT2D eigenvalue weighted by atomic mass is 32.1. The SMILES string of the molecule is C=C1c2ccccc2C(=O)N1CCC(=O)Nc1nc(-c2ccc(OC)cc2)cs1. The number of hydrogen-bond donors (Lipinski definition) is 1. The number of fused-ring (bicyclic) bond motifs is 1. The van der Waals surface area contributed by atoms with Gasteiger partial charge in [0.25, 0.3) is 5.91 Å². The third-order valence-electron chi connectivity index (χ3n) is 4.74. The number of aromatic nitrogens is 1. The van der Waals surface area contributed by atoms with Crippen LogP contribution in [0.1, 0.15) is 22.3 Å². The number of benzene rings is 2. The van der Waals surface area contributed by atoms with E-state index in [4.69, 9.17) is 4.74 Å². The van der Waals surface area contributed by atoms with Crippen molar-refractivity contribution in [2.24, 2.45) is 0 Å². The summed E-state index contributed by atoms with van der Waals surface area (Å²) in [5.41, 5.74) is 3.81. The number of nitrogens with zero attached hydrogens (tertiary/aromatic N) is 2. The molecule has 3 aromatic rings. The number of carbonyl (C=O) groups excluding carboxylic acids is 2. The van der Waals surface area contributed by atoms with Gasteiger partial charge in [-0.2, -0.15) is 0 Å². The molecule has 146 valence electrons. The molecule has 29 heavy (non-hydrogen) atoms. The summed E-state index contributed by atoms with van der Waals surface area (Å²) in [5, 5.41) is 5.22. The van der Waals surface area contributed by atoms with Gasteiger partial charge >= 0.3 is 0 Å². The van der Waals surface area contributed by atoms with Gasteiger partial charge in [-0.1, -0.05) is 24.8 Å². The van der Waals surface area contributed by atoms with Crippen LogP contribution in [0.3, 0.4) is 0 Å². The Morgan fingerprint density at radius 1 is 1.17 bits per heavy atom. The molecule has 1 aliphatic heterocycles. The number of methoxy groups -OCH3 is 1. The van der Waals surface area contributed by atoms with Gasteiger partial charge in [-0.15, -0.1) is 11.3 Å². The maximum atomic E-state index is 12.5. The van der Waals surface area contributed by atoms with E-state index >= 15 is 0 Å². The average Bonchev–Trinajstić information content (AvgIpc) is 3.30. The zero-order valence-corrected chi connectivity index (χ0v) is 16.7. The van der Waals surface area contributed by atoms with Crippen molar-refractivity contribution in [1.29, 1.82) is 0 Å². The van der Waals surface area contributed by atoms with E-state index in [0.717, 1.165) is 22.6 Å². The van der Waals surface area contributed by atoms with Gasteiger partial charge in [0, 0.05) is 40.7 Å². The van der Waals surface area contributed by atoms with Gasteiger partial charge in [0.2, 0.25) is 5.91 Å². The van der Waals surface area contributed by atoms with E-state index in [1.165, 1.54) is 11.3 Å². The Morgan fingerprint density at radius 3 is 2.59 bits per heavy atom. The molecule has 0 saturated carbocycles. The Balaban J connectivity index is 1.35. The van der Waals surface area contributed by atoms with Crippen molar-refractivity contribution in [2.45, 2.75) is 6.42 Å². The molecule has 0 atom stereocenters. The molecule has 0 aliphatic carbocycles. The zero-order valence-electron chi connectivity index (χ0n) is 15.8. The van der Waals surface area contributed by atoms with Crippen LogP contribution in [0.25, 0.3) is 17.0 Å². The van der Waals surface area contributed by atoms with Crippen molar-refractivity contribution in [1.82, 2.24) is 9.88 Å². The molecule has 0 spiro atoms. The van der Waals surface area contributed by atoms with Gasteiger partial charge in [0.1, 0.15) is 5.75 Å². The first-order valence-corrected chi connectivity index (χ1v) is 9.95. The molecule has 0 fully saturated rings. The number of hydrogen-bond acceptors (Lipinski definition) is 5. The lowest BCUT2D eigenvalue weighted by molar-refractivity contribution is -0.116. The summed E-state index contributed by atoms with van der Waals surface area (Å²) in [6.45, 7) is 4.27. The molecule has 7 heteroatoms. The van der Waals surface area contributed by atoms with Gasteiger partial charge in [-0.05, 0) is 30.3 Å². The lowest BCUT2D eigenvalue weighted by Crippen LogP contribution is -2.27. The van der Waals surface area contributed by atoms with Crippen LogP contribution in [0.5, 0.6) is 5.75 Å². The molecule has 1 aromatic heterocycles. The average molecular weight is 405 g/mol. The van der Waals surface area contributed by atoms with E-state index < -0.39 is 0 Å². The number of carbonyl (C=O) groups is 2.